The number of pyridine rings is 1. The smallest absolute Gasteiger partial charge is 0.265 e. The van der Waals surface area contributed by atoms with Gasteiger partial charge in [0, 0.05) is 12.7 Å². The van der Waals surface area contributed by atoms with E-state index < -0.39 is 0 Å². The van der Waals surface area contributed by atoms with Crippen molar-refractivity contribution in [1.82, 2.24) is 14.7 Å². The molecule has 0 aliphatic heterocycles. The fourth-order valence-corrected chi connectivity index (χ4v) is 2.83. The zero-order valence-corrected chi connectivity index (χ0v) is 13.6. The molecule has 0 fully saturated rings. The topological polar surface area (TPSA) is 63.5 Å². The number of aromatic nitrogens is 2. The van der Waals surface area contributed by atoms with Crippen LogP contribution in [0.3, 0.4) is 0 Å². The third kappa shape index (κ3) is 2.82. The molecule has 1 amide bonds. The third-order valence-corrected chi connectivity index (χ3v) is 4.16. The number of hydrogen-bond donors (Lipinski definition) is 1. The van der Waals surface area contributed by atoms with Gasteiger partial charge in [0.15, 0.2) is 5.65 Å². The highest BCUT2D eigenvalue weighted by molar-refractivity contribution is 6.00. The van der Waals surface area contributed by atoms with Crippen LogP contribution in [0.15, 0.2) is 71.7 Å². The summed E-state index contributed by atoms with van der Waals surface area (Å²) < 4.78 is 14.3. The fourth-order valence-electron chi connectivity index (χ4n) is 2.83. The lowest BCUT2D eigenvalue weighted by molar-refractivity contribution is 0.0952. The number of para-hydroxylation sites is 1. The Bertz CT molecular complexity index is 1180. The number of nitrogens with zero attached hydrogens (tertiary/aromatic N) is 2. The molecule has 4 rings (SSSR count). The Morgan fingerprint density at radius 1 is 1.04 bits per heavy atom. The summed E-state index contributed by atoms with van der Waals surface area (Å²) in [5, 5.41) is 3.27. The fraction of sp³-hybridized carbons (Fsp3) is 0.0500. The van der Waals surface area contributed by atoms with Crippen LogP contribution < -0.4 is 10.9 Å². The average molecular weight is 347 g/mol. The van der Waals surface area contributed by atoms with E-state index >= 15 is 0 Å². The zero-order chi connectivity index (χ0) is 18.1. The number of fused-ring (bicyclic) bond motifs is 2. The van der Waals surface area contributed by atoms with E-state index in [0.29, 0.717) is 22.1 Å². The molecule has 0 spiro atoms. The lowest BCUT2D eigenvalue weighted by atomic mass is 10.2. The number of carbonyl (C=O) groups excluding carboxylic acids is 1. The van der Waals surface area contributed by atoms with Crippen LogP contribution in [0.2, 0.25) is 0 Å². The van der Waals surface area contributed by atoms with Gasteiger partial charge in [-0.2, -0.15) is 0 Å². The number of hydrogen-bond acceptors (Lipinski definition) is 3. The molecule has 2 aromatic carbocycles. The highest BCUT2D eigenvalue weighted by Gasteiger charge is 2.14. The Balaban J connectivity index is 1.72. The SMILES string of the molecule is O=C(NCc1ccc(F)cc1)c1cccn2c(=O)c3ccccc3nc12. The van der Waals surface area contributed by atoms with Crippen LogP contribution in [0.1, 0.15) is 15.9 Å². The molecule has 0 atom stereocenters. The molecule has 1 N–H and O–H groups in total. The second-order valence-corrected chi connectivity index (χ2v) is 5.86. The minimum absolute atomic E-state index is 0.223. The van der Waals surface area contributed by atoms with E-state index in [1.165, 1.54) is 16.5 Å². The Morgan fingerprint density at radius 3 is 2.62 bits per heavy atom. The maximum atomic E-state index is 13.0. The number of halogens is 1. The van der Waals surface area contributed by atoms with E-state index in [4.69, 9.17) is 0 Å². The van der Waals surface area contributed by atoms with Gasteiger partial charge >= 0.3 is 0 Å². The Labute approximate surface area is 147 Å². The quantitative estimate of drug-likeness (QED) is 0.580. The molecule has 26 heavy (non-hydrogen) atoms. The van der Waals surface area contributed by atoms with Crippen molar-refractivity contribution in [3.05, 3.63) is 94.2 Å². The maximum Gasteiger partial charge on any atom is 0.265 e. The number of amides is 1. The first-order chi connectivity index (χ1) is 12.6. The van der Waals surface area contributed by atoms with Crippen molar-refractivity contribution in [2.45, 2.75) is 6.54 Å². The van der Waals surface area contributed by atoms with Crippen LogP contribution in [0.4, 0.5) is 4.39 Å². The van der Waals surface area contributed by atoms with Crippen molar-refractivity contribution in [2.75, 3.05) is 0 Å². The molecule has 0 bridgehead atoms. The summed E-state index contributed by atoms with van der Waals surface area (Å²) in [6, 6.07) is 16.2. The lowest BCUT2D eigenvalue weighted by Gasteiger charge is -2.09. The zero-order valence-electron chi connectivity index (χ0n) is 13.6. The van der Waals surface area contributed by atoms with E-state index in [9.17, 15) is 14.0 Å². The summed E-state index contributed by atoms with van der Waals surface area (Å²) >= 11 is 0. The predicted octanol–water partition coefficient (Wildman–Crippen LogP) is 2.92. The first-order valence-electron chi connectivity index (χ1n) is 8.06. The highest BCUT2D eigenvalue weighted by atomic mass is 19.1. The largest absolute Gasteiger partial charge is 0.348 e. The van der Waals surface area contributed by atoms with Crippen LogP contribution >= 0.6 is 0 Å². The Hall–Kier alpha value is -3.54. The van der Waals surface area contributed by atoms with Gasteiger partial charge in [0.2, 0.25) is 0 Å². The van der Waals surface area contributed by atoms with Gasteiger partial charge in [0.25, 0.3) is 11.5 Å². The van der Waals surface area contributed by atoms with Gasteiger partial charge < -0.3 is 5.32 Å². The normalized spacial score (nSPS) is 11.0. The second-order valence-electron chi connectivity index (χ2n) is 5.86. The number of rotatable bonds is 3. The molecule has 2 aromatic heterocycles. The highest BCUT2D eigenvalue weighted by Crippen LogP contribution is 2.13. The molecule has 5 nitrogen and oxygen atoms in total. The van der Waals surface area contributed by atoms with Crippen LogP contribution in [0.25, 0.3) is 16.6 Å². The standard InChI is InChI=1S/C20H14FN3O2/c21-14-9-7-13(8-10-14)12-22-19(25)16-5-3-11-24-18(16)23-17-6-2-1-4-15(17)20(24)26/h1-11H,12H2,(H,22,25). The van der Waals surface area contributed by atoms with Crippen LogP contribution in [-0.4, -0.2) is 15.3 Å². The first kappa shape index (κ1) is 16.0. The van der Waals surface area contributed by atoms with E-state index in [1.54, 1.807) is 54.7 Å². The summed E-state index contributed by atoms with van der Waals surface area (Å²) in [6.45, 7) is 0.248. The molecule has 128 valence electrons. The van der Waals surface area contributed by atoms with Crippen molar-refractivity contribution in [1.29, 1.82) is 0 Å². The summed E-state index contributed by atoms with van der Waals surface area (Å²) in [6.07, 6.45) is 1.59. The second kappa shape index (κ2) is 6.40. The van der Waals surface area contributed by atoms with Gasteiger partial charge in [-0.1, -0.05) is 24.3 Å². The van der Waals surface area contributed by atoms with Crippen LogP contribution in [-0.2, 0) is 6.54 Å². The first-order valence-corrected chi connectivity index (χ1v) is 8.06. The third-order valence-electron chi connectivity index (χ3n) is 4.16. The van der Waals surface area contributed by atoms with Crippen molar-refractivity contribution in [2.24, 2.45) is 0 Å². The average Bonchev–Trinajstić information content (AvgIpc) is 2.67. The lowest BCUT2D eigenvalue weighted by Crippen LogP contribution is -2.25. The van der Waals surface area contributed by atoms with Gasteiger partial charge in [0.1, 0.15) is 5.82 Å². The molecule has 0 radical (unpaired) electrons. The molecular weight excluding hydrogens is 333 g/mol. The summed E-state index contributed by atoms with van der Waals surface area (Å²) in [5.74, 6) is -0.681. The summed E-state index contributed by atoms with van der Waals surface area (Å²) in [5.41, 5.74) is 1.69. The van der Waals surface area contributed by atoms with E-state index in [2.05, 4.69) is 10.3 Å². The van der Waals surface area contributed by atoms with Gasteiger partial charge in [-0.3, -0.25) is 14.0 Å². The van der Waals surface area contributed by atoms with Crippen LogP contribution in [0.5, 0.6) is 0 Å². The van der Waals surface area contributed by atoms with E-state index in [1.807, 2.05) is 0 Å². The summed E-state index contributed by atoms with van der Waals surface area (Å²) in [4.78, 5) is 29.7. The predicted molar refractivity (Wildman–Crippen MR) is 96.5 cm³/mol. The number of carbonyl (C=O) groups is 1. The van der Waals surface area contributed by atoms with Crippen molar-refractivity contribution in [3.8, 4) is 0 Å². The Morgan fingerprint density at radius 2 is 1.81 bits per heavy atom. The van der Waals surface area contributed by atoms with Gasteiger partial charge in [-0.05, 0) is 42.0 Å². The van der Waals surface area contributed by atoms with E-state index in [-0.39, 0.29) is 23.8 Å². The molecule has 0 aliphatic carbocycles. The molecule has 2 heterocycles. The molecule has 0 aliphatic rings. The van der Waals surface area contributed by atoms with Crippen LogP contribution in [0, 0.1) is 5.82 Å². The van der Waals surface area contributed by atoms with Gasteiger partial charge in [0.05, 0.1) is 16.5 Å². The number of benzene rings is 2. The summed E-state index contributed by atoms with van der Waals surface area (Å²) in [7, 11) is 0. The Kier molecular flexibility index (Phi) is 3.93. The monoisotopic (exact) mass is 347 g/mol. The molecule has 6 heteroatoms. The van der Waals surface area contributed by atoms with E-state index in [0.717, 1.165) is 5.56 Å². The minimum atomic E-state index is -0.352. The number of nitrogens with one attached hydrogen (secondary N) is 1. The van der Waals surface area contributed by atoms with Gasteiger partial charge in [-0.15, -0.1) is 0 Å². The molecular formula is C20H14FN3O2. The van der Waals surface area contributed by atoms with Crippen molar-refractivity contribution >= 4 is 22.5 Å². The maximum absolute atomic E-state index is 13.0. The minimum Gasteiger partial charge on any atom is -0.348 e. The van der Waals surface area contributed by atoms with Crippen molar-refractivity contribution in [3.63, 3.8) is 0 Å². The molecule has 0 saturated heterocycles. The molecule has 0 saturated carbocycles. The van der Waals surface area contributed by atoms with Gasteiger partial charge in [-0.25, -0.2) is 9.37 Å². The van der Waals surface area contributed by atoms with Crippen molar-refractivity contribution < 1.29 is 9.18 Å². The molecule has 4 aromatic rings. The molecule has 0 unspecified atom stereocenters.